The van der Waals surface area contributed by atoms with Crippen molar-refractivity contribution in [2.24, 2.45) is 0 Å². The summed E-state index contributed by atoms with van der Waals surface area (Å²) in [6, 6.07) is 6.08. The van der Waals surface area contributed by atoms with Crippen molar-refractivity contribution in [2.45, 2.75) is 32.2 Å². The molecule has 1 atom stereocenters. The van der Waals surface area contributed by atoms with Crippen molar-refractivity contribution in [3.63, 3.8) is 0 Å². The van der Waals surface area contributed by atoms with Crippen molar-refractivity contribution >= 4 is 17.3 Å². The Hall–Kier alpha value is -1.55. The van der Waals surface area contributed by atoms with Gasteiger partial charge in [0, 0.05) is 25.5 Å². The maximum Gasteiger partial charge on any atom is 0.244 e. The molecule has 1 saturated heterocycles. The highest BCUT2D eigenvalue weighted by molar-refractivity contribution is 5.98. The molecule has 0 radical (unpaired) electrons. The molecule has 1 aliphatic heterocycles. The monoisotopic (exact) mass is 261 g/mol. The number of nitrogens with zero attached hydrogens (tertiary/aromatic N) is 1. The SMILES string of the molecule is Cc1cc(N(C)C)ccc1NC(=O)C1(C)CCCN1. The van der Waals surface area contributed by atoms with Gasteiger partial charge in [-0.2, -0.15) is 0 Å². The molecule has 1 aliphatic rings. The lowest BCUT2D eigenvalue weighted by molar-refractivity contribution is -0.121. The van der Waals surface area contributed by atoms with E-state index in [0.717, 1.165) is 36.3 Å². The van der Waals surface area contributed by atoms with Crippen LogP contribution >= 0.6 is 0 Å². The summed E-state index contributed by atoms with van der Waals surface area (Å²) < 4.78 is 0. The average molecular weight is 261 g/mol. The Morgan fingerprint density at radius 3 is 2.68 bits per heavy atom. The summed E-state index contributed by atoms with van der Waals surface area (Å²) in [4.78, 5) is 14.4. The number of hydrogen-bond acceptors (Lipinski definition) is 3. The van der Waals surface area contributed by atoms with Gasteiger partial charge in [0.1, 0.15) is 0 Å². The smallest absolute Gasteiger partial charge is 0.244 e. The van der Waals surface area contributed by atoms with Gasteiger partial charge in [0.2, 0.25) is 5.91 Å². The molecule has 2 rings (SSSR count). The predicted molar refractivity (Wildman–Crippen MR) is 79.8 cm³/mol. The first-order chi connectivity index (χ1) is 8.92. The van der Waals surface area contributed by atoms with Crippen LogP contribution in [0.4, 0.5) is 11.4 Å². The molecule has 0 aromatic heterocycles. The van der Waals surface area contributed by atoms with Crippen LogP contribution in [0.25, 0.3) is 0 Å². The number of hydrogen-bond donors (Lipinski definition) is 2. The topological polar surface area (TPSA) is 44.4 Å². The van der Waals surface area contributed by atoms with Gasteiger partial charge in [-0.3, -0.25) is 4.79 Å². The normalized spacial score (nSPS) is 22.3. The van der Waals surface area contributed by atoms with Crippen molar-refractivity contribution in [1.82, 2.24) is 5.32 Å². The van der Waals surface area contributed by atoms with E-state index in [1.54, 1.807) is 0 Å². The second kappa shape index (κ2) is 5.21. The Kier molecular flexibility index (Phi) is 3.80. The summed E-state index contributed by atoms with van der Waals surface area (Å²) in [5.74, 6) is 0.0608. The van der Waals surface area contributed by atoms with Gasteiger partial charge in [0.25, 0.3) is 0 Å². The standard InChI is InChI=1S/C15H23N3O/c1-11-10-12(18(3)4)6-7-13(11)17-14(19)15(2)8-5-9-16-15/h6-7,10,16H,5,8-9H2,1-4H3,(H,17,19). The molecule has 1 heterocycles. The summed E-state index contributed by atoms with van der Waals surface area (Å²) in [6.45, 7) is 4.91. The van der Waals surface area contributed by atoms with Gasteiger partial charge >= 0.3 is 0 Å². The Labute approximate surface area is 115 Å². The molecule has 0 bridgehead atoms. The zero-order valence-corrected chi connectivity index (χ0v) is 12.2. The second-order valence-electron chi connectivity index (χ2n) is 5.71. The highest BCUT2D eigenvalue weighted by Crippen LogP contribution is 2.24. The van der Waals surface area contributed by atoms with E-state index < -0.39 is 5.54 Å². The number of nitrogens with one attached hydrogen (secondary N) is 2. The van der Waals surface area contributed by atoms with Crippen molar-refractivity contribution in [3.8, 4) is 0 Å². The Bertz CT molecular complexity index is 476. The molecule has 1 aromatic carbocycles. The zero-order chi connectivity index (χ0) is 14.0. The number of carbonyl (C=O) groups is 1. The number of anilines is 2. The van der Waals surface area contributed by atoms with Crippen LogP contribution in [0, 0.1) is 6.92 Å². The van der Waals surface area contributed by atoms with Gasteiger partial charge in [-0.05, 0) is 57.0 Å². The summed E-state index contributed by atoms with van der Waals surface area (Å²) >= 11 is 0. The van der Waals surface area contributed by atoms with Crippen LogP contribution in [-0.2, 0) is 4.79 Å². The molecule has 0 spiro atoms. The van der Waals surface area contributed by atoms with E-state index >= 15 is 0 Å². The molecule has 1 unspecified atom stereocenters. The Morgan fingerprint density at radius 2 is 2.16 bits per heavy atom. The largest absolute Gasteiger partial charge is 0.378 e. The van der Waals surface area contributed by atoms with Crippen LogP contribution in [0.2, 0.25) is 0 Å². The molecule has 1 aromatic rings. The maximum atomic E-state index is 12.3. The molecule has 1 fully saturated rings. The highest BCUT2D eigenvalue weighted by atomic mass is 16.2. The number of amides is 1. The van der Waals surface area contributed by atoms with E-state index in [1.807, 2.05) is 40.1 Å². The van der Waals surface area contributed by atoms with E-state index in [9.17, 15) is 4.79 Å². The van der Waals surface area contributed by atoms with Gasteiger partial charge in [0.15, 0.2) is 0 Å². The minimum atomic E-state index is -0.424. The number of carbonyl (C=O) groups excluding carboxylic acids is 1. The average Bonchev–Trinajstić information content (AvgIpc) is 2.80. The van der Waals surface area contributed by atoms with E-state index in [1.165, 1.54) is 0 Å². The van der Waals surface area contributed by atoms with Crippen LogP contribution in [0.1, 0.15) is 25.3 Å². The van der Waals surface area contributed by atoms with Crippen LogP contribution < -0.4 is 15.5 Å². The first kappa shape index (κ1) is 13.9. The van der Waals surface area contributed by atoms with Gasteiger partial charge in [0.05, 0.1) is 5.54 Å². The fourth-order valence-corrected chi connectivity index (χ4v) is 2.41. The minimum absolute atomic E-state index is 0.0608. The van der Waals surface area contributed by atoms with E-state index in [-0.39, 0.29) is 5.91 Å². The summed E-state index contributed by atoms with van der Waals surface area (Å²) in [5, 5.41) is 6.32. The Morgan fingerprint density at radius 1 is 1.42 bits per heavy atom. The fourth-order valence-electron chi connectivity index (χ4n) is 2.41. The van der Waals surface area contributed by atoms with Crippen LogP contribution in [-0.4, -0.2) is 32.1 Å². The fraction of sp³-hybridized carbons (Fsp3) is 0.533. The molecule has 0 saturated carbocycles. The van der Waals surface area contributed by atoms with Crippen LogP contribution in [0.5, 0.6) is 0 Å². The van der Waals surface area contributed by atoms with Gasteiger partial charge in [-0.1, -0.05) is 0 Å². The third kappa shape index (κ3) is 2.89. The molecular formula is C15H23N3O. The van der Waals surface area contributed by atoms with Crippen molar-refractivity contribution in [3.05, 3.63) is 23.8 Å². The third-order valence-electron chi connectivity index (χ3n) is 3.84. The van der Waals surface area contributed by atoms with E-state index in [0.29, 0.717) is 0 Å². The second-order valence-corrected chi connectivity index (χ2v) is 5.71. The van der Waals surface area contributed by atoms with Crippen LogP contribution in [0.15, 0.2) is 18.2 Å². The van der Waals surface area contributed by atoms with E-state index in [4.69, 9.17) is 0 Å². The first-order valence-electron chi connectivity index (χ1n) is 6.77. The molecule has 4 heteroatoms. The molecule has 2 N–H and O–H groups in total. The third-order valence-corrected chi connectivity index (χ3v) is 3.84. The number of aryl methyl sites for hydroxylation is 1. The maximum absolute atomic E-state index is 12.3. The van der Waals surface area contributed by atoms with Crippen molar-refractivity contribution in [1.29, 1.82) is 0 Å². The summed E-state index contributed by atoms with van der Waals surface area (Å²) in [5.41, 5.74) is 2.69. The summed E-state index contributed by atoms with van der Waals surface area (Å²) in [7, 11) is 4.02. The van der Waals surface area contributed by atoms with Gasteiger partial charge in [-0.15, -0.1) is 0 Å². The van der Waals surface area contributed by atoms with Gasteiger partial charge < -0.3 is 15.5 Å². The molecular weight excluding hydrogens is 238 g/mol. The lowest BCUT2D eigenvalue weighted by Gasteiger charge is -2.24. The number of benzene rings is 1. The predicted octanol–water partition coefficient (Wildman–Crippen LogP) is 2.14. The zero-order valence-electron chi connectivity index (χ0n) is 12.2. The molecule has 1 amide bonds. The van der Waals surface area contributed by atoms with E-state index in [2.05, 4.69) is 21.6 Å². The highest BCUT2D eigenvalue weighted by Gasteiger charge is 2.35. The molecule has 104 valence electrons. The molecule has 19 heavy (non-hydrogen) atoms. The lowest BCUT2D eigenvalue weighted by atomic mass is 9.99. The number of rotatable bonds is 3. The minimum Gasteiger partial charge on any atom is -0.378 e. The quantitative estimate of drug-likeness (QED) is 0.876. The van der Waals surface area contributed by atoms with Crippen LogP contribution in [0.3, 0.4) is 0 Å². The lowest BCUT2D eigenvalue weighted by Crippen LogP contribution is -2.48. The first-order valence-corrected chi connectivity index (χ1v) is 6.77. The molecule has 4 nitrogen and oxygen atoms in total. The van der Waals surface area contributed by atoms with Crippen molar-refractivity contribution in [2.75, 3.05) is 30.9 Å². The Balaban J connectivity index is 2.13. The van der Waals surface area contributed by atoms with Gasteiger partial charge in [-0.25, -0.2) is 0 Å². The van der Waals surface area contributed by atoms with Crippen molar-refractivity contribution < 1.29 is 4.79 Å². The summed E-state index contributed by atoms with van der Waals surface area (Å²) in [6.07, 6.45) is 1.95. The molecule has 0 aliphatic carbocycles.